The molecule has 0 spiro atoms. The lowest BCUT2D eigenvalue weighted by Crippen LogP contribution is -2.26. The number of carbonyl (C=O) groups is 1. The molecule has 0 radical (unpaired) electrons. The molecule has 0 saturated heterocycles. The summed E-state index contributed by atoms with van der Waals surface area (Å²) in [6, 6.07) is 12.9. The van der Waals surface area contributed by atoms with E-state index in [4.69, 9.17) is 23.2 Å². The van der Waals surface area contributed by atoms with Gasteiger partial charge in [0.2, 0.25) is 0 Å². The number of nitrogens with zero attached hydrogens (tertiary/aromatic N) is 1. The fourth-order valence-electron chi connectivity index (χ4n) is 1.90. The van der Waals surface area contributed by atoms with Crippen LogP contribution in [0, 0.1) is 6.92 Å². The van der Waals surface area contributed by atoms with Gasteiger partial charge in [-0.3, -0.25) is 4.79 Å². The summed E-state index contributed by atoms with van der Waals surface area (Å²) in [6.45, 7) is 2.48. The Morgan fingerprint density at radius 3 is 2.30 bits per heavy atom. The monoisotopic (exact) mass is 307 g/mol. The summed E-state index contributed by atoms with van der Waals surface area (Å²) in [6.07, 6.45) is 0. The topological polar surface area (TPSA) is 20.3 Å². The van der Waals surface area contributed by atoms with Crippen LogP contribution in [0.4, 0.5) is 0 Å². The molecule has 20 heavy (non-hydrogen) atoms. The summed E-state index contributed by atoms with van der Waals surface area (Å²) < 4.78 is 0. The summed E-state index contributed by atoms with van der Waals surface area (Å²) in [7, 11) is 1.77. The zero-order valence-electron chi connectivity index (χ0n) is 11.4. The van der Waals surface area contributed by atoms with E-state index in [-0.39, 0.29) is 5.91 Å². The largest absolute Gasteiger partial charge is 0.337 e. The number of rotatable bonds is 3. The van der Waals surface area contributed by atoms with Crippen LogP contribution in [0.25, 0.3) is 0 Å². The van der Waals surface area contributed by atoms with Gasteiger partial charge in [-0.1, -0.05) is 47.0 Å². The Bertz CT molecular complexity index is 623. The van der Waals surface area contributed by atoms with Crippen molar-refractivity contribution < 1.29 is 4.79 Å². The lowest BCUT2D eigenvalue weighted by Gasteiger charge is -2.17. The molecular formula is C16H15Cl2NO. The third kappa shape index (κ3) is 3.53. The van der Waals surface area contributed by atoms with Crippen LogP contribution in [-0.4, -0.2) is 17.9 Å². The molecule has 0 unspecified atom stereocenters. The average Bonchev–Trinajstić information content (AvgIpc) is 2.43. The highest BCUT2D eigenvalue weighted by Crippen LogP contribution is 2.23. The lowest BCUT2D eigenvalue weighted by molar-refractivity contribution is 0.0785. The van der Waals surface area contributed by atoms with Gasteiger partial charge in [0, 0.05) is 19.2 Å². The average molecular weight is 308 g/mol. The summed E-state index contributed by atoms with van der Waals surface area (Å²) in [5.41, 5.74) is 2.76. The Labute approximate surface area is 128 Å². The maximum absolute atomic E-state index is 12.3. The highest BCUT2D eigenvalue weighted by Gasteiger charge is 2.12. The molecule has 2 nitrogen and oxygen atoms in total. The van der Waals surface area contributed by atoms with E-state index in [0.29, 0.717) is 22.2 Å². The van der Waals surface area contributed by atoms with E-state index < -0.39 is 0 Å². The van der Waals surface area contributed by atoms with Crippen molar-refractivity contribution >= 4 is 29.1 Å². The smallest absolute Gasteiger partial charge is 0.253 e. The SMILES string of the molecule is Cc1ccc(C(=O)N(C)Cc2ccc(Cl)c(Cl)c2)cc1. The summed E-state index contributed by atoms with van der Waals surface area (Å²) >= 11 is 11.9. The Kier molecular flexibility index (Phi) is 4.69. The van der Waals surface area contributed by atoms with E-state index in [2.05, 4.69) is 0 Å². The van der Waals surface area contributed by atoms with Gasteiger partial charge in [0.15, 0.2) is 0 Å². The van der Waals surface area contributed by atoms with Crippen LogP contribution in [0.15, 0.2) is 42.5 Å². The fraction of sp³-hybridized carbons (Fsp3) is 0.188. The van der Waals surface area contributed by atoms with Crippen LogP contribution >= 0.6 is 23.2 Å². The first-order valence-corrected chi connectivity index (χ1v) is 6.99. The Morgan fingerprint density at radius 1 is 1.05 bits per heavy atom. The number of benzene rings is 2. The molecule has 0 aliphatic rings. The maximum atomic E-state index is 12.3. The fourth-order valence-corrected chi connectivity index (χ4v) is 2.22. The molecule has 2 rings (SSSR count). The normalized spacial score (nSPS) is 10.4. The quantitative estimate of drug-likeness (QED) is 0.813. The first kappa shape index (κ1) is 14.9. The Hall–Kier alpha value is -1.51. The molecule has 2 aromatic carbocycles. The standard InChI is InChI=1S/C16H15Cl2NO/c1-11-3-6-13(7-4-11)16(20)19(2)10-12-5-8-14(17)15(18)9-12/h3-9H,10H2,1-2H3. The number of hydrogen-bond acceptors (Lipinski definition) is 1. The minimum Gasteiger partial charge on any atom is -0.337 e. The molecule has 0 aliphatic carbocycles. The van der Waals surface area contributed by atoms with Gasteiger partial charge in [-0.25, -0.2) is 0 Å². The molecule has 0 atom stereocenters. The van der Waals surface area contributed by atoms with Gasteiger partial charge in [0.05, 0.1) is 10.0 Å². The van der Waals surface area contributed by atoms with Gasteiger partial charge >= 0.3 is 0 Å². The molecule has 104 valence electrons. The van der Waals surface area contributed by atoms with Crippen LogP contribution in [0.3, 0.4) is 0 Å². The molecule has 4 heteroatoms. The molecule has 0 aliphatic heterocycles. The van der Waals surface area contributed by atoms with E-state index in [0.717, 1.165) is 11.1 Å². The second kappa shape index (κ2) is 6.29. The minimum absolute atomic E-state index is 0.0175. The Morgan fingerprint density at radius 2 is 1.70 bits per heavy atom. The van der Waals surface area contributed by atoms with E-state index in [1.54, 1.807) is 24.1 Å². The third-order valence-corrected chi connectivity index (χ3v) is 3.79. The minimum atomic E-state index is -0.0175. The van der Waals surface area contributed by atoms with Crippen molar-refractivity contribution in [2.24, 2.45) is 0 Å². The molecule has 0 bridgehead atoms. The van der Waals surface area contributed by atoms with E-state index >= 15 is 0 Å². The molecule has 0 N–H and O–H groups in total. The molecule has 0 heterocycles. The number of carbonyl (C=O) groups excluding carboxylic acids is 1. The first-order chi connectivity index (χ1) is 9.47. The second-order valence-electron chi connectivity index (χ2n) is 4.78. The molecule has 1 amide bonds. The zero-order chi connectivity index (χ0) is 14.7. The number of amides is 1. The van der Waals surface area contributed by atoms with Crippen LogP contribution in [0.1, 0.15) is 21.5 Å². The number of aryl methyl sites for hydroxylation is 1. The van der Waals surface area contributed by atoms with Gasteiger partial charge in [-0.2, -0.15) is 0 Å². The van der Waals surface area contributed by atoms with Crippen LogP contribution in [0.2, 0.25) is 10.0 Å². The number of hydrogen-bond donors (Lipinski definition) is 0. The number of halogens is 2. The van der Waals surface area contributed by atoms with Crippen molar-refractivity contribution in [2.45, 2.75) is 13.5 Å². The maximum Gasteiger partial charge on any atom is 0.253 e. The second-order valence-corrected chi connectivity index (χ2v) is 5.59. The summed E-state index contributed by atoms with van der Waals surface area (Å²) in [4.78, 5) is 13.9. The van der Waals surface area contributed by atoms with Crippen molar-refractivity contribution in [1.82, 2.24) is 4.90 Å². The molecule has 0 fully saturated rings. The molecular weight excluding hydrogens is 293 g/mol. The van der Waals surface area contributed by atoms with Crippen LogP contribution < -0.4 is 0 Å². The third-order valence-electron chi connectivity index (χ3n) is 3.05. The summed E-state index contributed by atoms with van der Waals surface area (Å²) in [5.74, 6) is -0.0175. The lowest BCUT2D eigenvalue weighted by atomic mass is 10.1. The Balaban J connectivity index is 2.11. The predicted molar refractivity (Wildman–Crippen MR) is 83.4 cm³/mol. The summed E-state index contributed by atoms with van der Waals surface area (Å²) in [5, 5.41) is 1.02. The van der Waals surface area contributed by atoms with Crippen molar-refractivity contribution in [2.75, 3.05) is 7.05 Å². The molecule has 0 saturated carbocycles. The van der Waals surface area contributed by atoms with Gasteiger partial charge in [0.25, 0.3) is 5.91 Å². The first-order valence-electron chi connectivity index (χ1n) is 6.23. The molecule has 2 aromatic rings. The van der Waals surface area contributed by atoms with Gasteiger partial charge < -0.3 is 4.90 Å². The van der Waals surface area contributed by atoms with Crippen molar-refractivity contribution in [1.29, 1.82) is 0 Å². The van der Waals surface area contributed by atoms with Crippen molar-refractivity contribution in [3.05, 3.63) is 69.2 Å². The van der Waals surface area contributed by atoms with Gasteiger partial charge in [0.1, 0.15) is 0 Å². The van der Waals surface area contributed by atoms with E-state index in [1.165, 1.54) is 0 Å². The zero-order valence-corrected chi connectivity index (χ0v) is 12.9. The van der Waals surface area contributed by atoms with Crippen LogP contribution in [-0.2, 0) is 6.54 Å². The predicted octanol–water partition coefficient (Wildman–Crippen LogP) is 4.57. The molecule has 0 aromatic heterocycles. The highest BCUT2D eigenvalue weighted by molar-refractivity contribution is 6.42. The van der Waals surface area contributed by atoms with Crippen molar-refractivity contribution in [3.8, 4) is 0 Å². The van der Waals surface area contributed by atoms with Crippen molar-refractivity contribution in [3.63, 3.8) is 0 Å². The van der Waals surface area contributed by atoms with E-state index in [9.17, 15) is 4.79 Å². The van der Waals surface area contributed by atoms with E-state index in [1.807, 2.05) is 37.3 Å². The van der Waals surface area contributed by atoms with Gasteiger partial charge in [-0.15, -0.1) is 0 Å². The highest BCUT2D eigenvalue weighted by atomic mass is 35.5. The van der Waals surface area contributed by atoms with Crippen LogP contribution in [0.5, 0.6) is 0 Å². The van der Waals surface area contributed by atoms with Gasteiger partial charge in [-0.05, 0) is 36.8 Å².